The first-order valence-electron chi connectivity index (χ1n) is 4.86. The summed E-state index contributed by atoms with van der Waals surface area (Å²) in [4.78, 5) is 22.4. The van der Waals surface area contributed by atoms with Gasteiger partial charge in [-0.1, -0.05) is 12.8 Å². The average molecular weight is 199 g/mol. The van der Waals surface area contributed by atoms with Crippen LogP contribution in [0.5, 0.6) is 0 Å². The van der Waals surface area contributed by atoms with Crippen LogP contribution in [0.4, 0.5) is 0 Å². The van der Waals surface area contributed by atoms with E-state index in [0.717, 1.165) is 12.8 Å². The van der Waals surface area contributed by atoms with E-state index in [0.29, 0.717) is 12.8 Å². The smallest absolute Gasteiger partial charge is 0.240 e. The number of nitrogens with one attached hydrogen (secondary N) is 2. The van der Waals surface area contributed by atoms with Gasteiger partial charge in [0.2, 0.25) is 11.8 Å². The molecule has 1 fully saturated rings. The van der Waals surface area contributed by atoms with Crippen LogP contribution in [0.25, 0.3) is 0 Å². The van der Waals surface area contributed by atoms with Crippen molar-refractivity contribution >= 4 is 11.8 Å². The van der Waals surface area contributed by atoms with Gasteiger partial charge in [-0.3, -0.25) is 9.59 Å². The molecule has 2 amide bonds. The fourth-order valence-corrected chi connectivity index (χ4v) is 1.66. The number of hydrogen-bond acceptors (Lipinski definition) is 3. The molecule has 0 heterocycles. The SMILES string of the molecule is CNC(=O)CNC(=O)C1(N)CCCC1. The first-order valence-corrected chi connectivity index (χ1v) is 4.86. The maximum absolute atomic E-state index is 11.6. The van der Waals surface area contributed by atoms with Gasteiger partial charge in [0, 0.05) is 7.05 Å². The van der Waals surface area contributed by atoms with Gasteiger partial charge in [0.15, 0.2) is 0 Å². The lowest BCUT2D eigenvalue weighted by Crippen LogP contribution is -2.53. The lowest BCUT2D eigenvalue weighted by molar-refractivity contribution is -0.129. The molecule has 0 bridgehead atoms. The molecule has 0 unspecified atom stereocenters. The van der Waals surface area contributed by atoms with Crippen LogP contribution in [-0.2, 0) is 9.59 Å². The van der Waals surface area contributed by atoms with Gasteiger partial charge in [0.1, 0.15) is 0 Å². The molecule has 0 spiro atoms. The Labute approximate surface area is 83.4 Å². The van der Waals surface area contributed by atoms with Crippen LogP contribution in [0.3, 0.4) is 0 Å². The second-order valence-electron chi connectivity index (χ2n) is 3.72. The summed E-state index contributed by atoms with van der Waals surface area (Å²) in [7, 11) is 1.53. The van der Waals surface area contributed by atoms with E-state index in [1.54, 1.807) is 0 Å². The third-order valence-electron chi connectivity index (χ3n) is 2.64. The molecule has 0 radical (unpaired) electrons. The van der Waals surface area contributed by atoms with Crippen LogP contribution >= 0.6 is 0 Å². The number of rotatable bonds is 3. The van der Waals surface area contributed by atoms with Crippen molar-refractivity contribution in [1.29, 1.82) is 0 Å². The van der Waals surface area contributed by atoms with Gasteiger partial charge >= 0.3 is 0 Å². The highest BCUT2D eigenvalue weighted by Crippen LogP contribution is 2.26. The molecule has 0 aliphatic heterocycles. The van der Waals surface area contributed by atoms with Gasteiger partial charge in [-0.2, -0.15) is 0 Å². The normalized spacial score (nSPS) is 19.0. The summed E-state index contributed by atoms with van der Waals surface area (Å²) in [5, 5.41) is 4.97. The number of likely N-dealkylation sites (N-methyl/N-ethyl adjacent to an activating group) is 1. The van der Waals surface area contributed by atoms with Crippen LogP contribution in [-0.4, -0.2) is 30.9 Å². The first kappa shape index (κ1) is 11.0. The minimum atomic E-state index is -0.742. The molecule has 0 aromatic heterocycles. The second kappa shape index (κ2) is 4.41. The molecule has 0 saturated heterocycles. The molecular formula is C9H17N3O2. The molecule has 5 nitrogen and oxygen atoms in total. The van der Waals surface area contributed by atoms with Crippen LogP contribution in [0, 0.1) is 0 Å². The van der Waals surface area contributed by atoms with Crippen molar-refractivity contribution in [3.63, 3.8) is 0 Å². The van der Waals surface area contributed by atoms with E-state index in [-0.39, 0.29) is 18.4 Å². The van der Waals surface area contributed by atoms with E-state index in [1.807, 2.05) is 0 Å². The van der Waals surface area contributed by atoms with Crippen molar-refractivity contribution in [3.05, 3.63) is 0 Å². The van der Waals surface area contributed by atoms with E-state index in [1.165, 1.54) is 7.05 Å². The highest BCUT2D eigenvalue weighted by atomic mass is 16.2. The zero-order valence-corrected chi connectivity index (χ0v) is 8.43. The predicted octanol–water partition coefficient (Wildman–Crippen LogP) is -0.880. The molecule has 1 rings (SSSR count). The van der Waals surface area contributed by atoms with Gasteiger partial charge in [0.05, 0.1) is 12.1 Å². The molecule has 0 atom stereocenters. The van der Waals surface area contributed by atoms with Crippen molar-refractivity contribution in [2.75, 3.05) is 13.6 Å². The van der Waals surface area contributed by atoms with Crippen molar-refractivity contribution in [3.8, 4) is 0 Å². The number of carbonyl (C=O) groups excluding carboxylic acids is 2. The van der Waals surface area contributed by atoms with Gasteiger partial charge < -0.3 is 16.4 Å². The minimum absolute atomic E-state index is 0.00822. The molecule has 0 aromatic rings. The lowest BCUT2D eigenvalue weighted by atomic mass is 9.98. The van der Waals surface area contributed by atoms with Crippen molar-refractivity contribution < 1.29 is 9.59 Å². The maximum Gasteiger partial charge on any atom is 0.240 e. The van der Waals surface area contributed by atoms with Gasteiger partial charge in [-0.25, -0.2) is 0 Å². The minimum Gasteiger partial charge on any atom is -0.358 e. The Bertz CT molecular complexity index is 234. The van der Waals surface area contributed by atoms with Gasteiger partial charge in [0.25, 0.3) is 0 Å². The number of nitrogens with two attached hydrogens (primary N) is 1. The Morgan fingerprint density at radius 1 is 1.36 bits per heavy atom. The fraction of sp³-hybridized carbons (Fsp3) is 0.778. The third-order valence-corrected chi connectivity index (χ3v) is 2.64. The molecule has 5 heteroatoms. The Kier molecular flexibility index (Phi) is 3.46. The fourth-order valence-electron chi connectivity index (χ4n) is 1.66. The number of carbonyl (C=O) groups is 2. The number of amides is 2. The van der Waals surface area contributed by atoms with E-state index in [4.69, 9.17) is 5.73 Å². The van der Waals surface area contributed by atoms with E-state index >= 15 is 0 Å². The maximum atomic E-state index is 11.6. The zero-order valence-electron chi connectivity index (χ0n) is 8.43. The topological polar surface area (TPSA) is 84.2 Å². The molecule has 0 aromatic carbocycles. The highest BCUT2D eigenvalue weighted by Gasteiger charge is 2.36. The molecular weight excluding hydrogens is 182 g/mol. The summed E-state index contributed by atoms with van der Waals surface area (Å²) >= 11 is 0. The molecule has 1 aliphatic carbocycles. The van der Waals surface area contributed by atoms with Crippen LogP contribution in [0.15, 0.2) is 0 Å². The molecule has 1 saturated carbocycles. The largest absolute Gasteiger partial charge is 0.358 e. The van der Waals surface area contributed by atoms with Crippen LogP contribution in [0.1, 0.15) is 25.7 Å². The zero-order chi connectivity index (χ0) is 10.6. The Morgan fingerprint density at radius 3 is 2.43 bits per heavy atom. The summed E-state index contributed by atoms with van der Waals surface area (Å²) in [6.07, 6.45) is 3.41. The molecule has 1 aliphatic rings. The summed E-state index contributed by atoms with van der Waals surface area (Å²) < 4.78 is 0. The summed E-state index contributed by atoms with van der Waals surface area (Å²) in [6.45, 7) is 0.00822. The Hall–Kier alpha value is -1.10. The first-order chi connectivity index (χ1) is 6.58. The van der Waals surface area contributed by atoms with E-state index < -0.39 is 5.54 Å². The Balaban J connectivity index is 2.38. The quantitative estimate of drug-likeness (QED) is 0.552. The van der Waals surface area contributed by atoms with Crippen molar-refractivity contribution in [2.45, 2.75) is 31.2 Å². The predicted molar refractivity (Wildman–Crippen MR) is 52.5 cm³/mol. The third kappa shape index (κ3) is 2.45. The Morgan fingerprint density at radius 2 is 1.93 bits per heavy atom. The molecule has 4 N–H and O–H groups in total. The second-order valence-corrected chi connectivity index (χ2v) is 3.72. The van der Waals surface area contributed by atoms with Crippen molar-refractivity contribution in [1.82, 2.24) is 10.6 Å². The van der Waals surface area contributed by atoms with Gasteiger partial charge in [-0.05, 0) is 12.8 Å². The standard InChI is InChI=1S/C9H17N3O2/c1-11-7(13)6-12-8(14)9(10)4-2-3-5-9/h2-6,10H2,1H3,(H,11,13)(H,12,14). The van der Waals surface area contributed by atoms with Crippen molar-refractivity contribution in [2.24, 2.45) is 5.73 Å². The monoisotopic (exact) mass is 199 g/mol. The summed E-state index contributed by atoms with van der Waals surface area (Å²) in [5.41, 5.74) is 5.14. The summed E-state index contributed by atoms with van der Waals surface area (Å²) in [6, 6.07) is 0. The lowest BCUT2D eigenvalue weighted by Gasteiger charge is -2.21. The van der Waals surface area contributed by atoms with Crippen LogP contribution in [0.2, 0.25) is 0 Å². The average Bonchev–Trinajstić information content (AvgIpc) is 2.62. The van der Waals surface area contributed by atoms with Gasteiger partial charge in [-0.15, -0.1) is 0 Å². The molecule has 14 heavy (non-hydrogen) atoms. The van der Waals surface area contributed by atoms with Crippen LogP contribution < -0.4 is 16.4 Å². The van der Waals surface area contributed by atoms with E-state index in [2.05, 4.69) is 10.6 Å². The van der Waals surface area contributed by atoms with E-state index in [9.17, 15) is 9.59 Å². The highest BCUT2D eigenvalue weighted by molar-refractivity contribution is 5.90. The molecule has 80 valence electrons. The summed E-state index contributed by atoms with van der Waals surface area (Å²) in [5.74, 6) is -0.418. The number of hydrogen-bond donors (Lipinski definition) is 3.